The normalized spacial score (nSPS) is 17.7. The summed E-state index contributed by atoms with van der Waals surface area (Å²) in [5.41, 5.74) is 2.54. The van der Waals surface area contributed by atoms with Crippen LogP contribution in [0.15, 0.2) is 48.5 Å². The van der Waals surface area contributed by atoms with Gasteiger partial charge in [0.05, 0.1) is 18.0 Å². The van der Waals surface area contributed by atoms with Crippen molar-refractivity contribution in [2.45, 2.75) is 38.3 Å². The van der Waals surface area contributed by atoms with Crippen LogP contribution in [-0.4, -0.2) is 26.6 Å². The molecule has 144 valence electrons. The number of halogens is 1. The van der Waals surface area contributed by atoms with Gasteiger partial charge in [0.15, 0.2) is 0 Å². The van der Waals surface area contributed by atoms with E-state index in [0.29, 0.717) is 0 Å². The molecule has 2 aromatic rings. The molecule has 5 nitrogen and oxygen atoms in total. The van der Waals surface area contributed by atoms with Crippen molar-refractivity contribution in [3.63, 3.8) is 0 Å². The molecular weight excluding hydrogens is 367 g/mol. The highest BCUT2D eigenvalue weighted by atomic mass is 32.2. The molecule has 0 unspecified atom stereocenters. The van der Waals surface area contributed by atoms with Crippen molar-refractivity contribution in [2.75, 3.05) is 10.6 Å². The van der Waals surface area contributed by atoms with Gasteiger partial charge < -0.3 is 5.32 Å². The van der Waals surface area contributed by atoms with Crippen molar-refractivity contribution in [1.82, 2.24) is 5.32 Å². The fourth-order valence-electron chi connectivity index (χ4n) is 3.59. The number of sulfonamides is 1. The van der Waals surface area contributed by atoms with Gasteiger partial charge in [0.1, 0.15) is 11.9 Å². The maximum atomic E-state index is 13.2. The molecule has 0 bridgehead atoms. The second kappa shape index (κ2) is 7.68. The number of benzene rings is 2. The average molecular weight is 390 g/mol. The standard InChI is InChI=1S/C20H23FN2O3S/c1-14(23(27(2,25)26)17-12-10-16(21)11-13-17)20(24)22-19-9-5-7-15-6-3-4-8-18(15)19/h3-4,6,8,10-14,19H,5,7,9H2,1-2H3,(H,22,24)/t14-,19-/m1/s1. The van der Waals surface area contributed by atoms with E-state index in [4.69, 9.17) is 0 Å². The minimum atomic E-state index is -3.73. The Balaban J connectivity index is 1.84. The fourth-order valence-corrected chi connectivity index (χ4v) is 4.77. The van der Waals surface area contributed by atoms with Crippen LogP contribution in [0.4, 0.5) is 10.1 Å². The lowest BCUT2D eigenvalue weighted by Crippen LogP contribution is -2.49. The number of carbonyl (C=O) groups excluding carboxylic acids is 1. The summed E-state index contributed by atoms with van der Waals surface area (Å²) in [6.45, 7) is 1.54. The number of anilines is 1. The van der Waals surface area contributed by atoms with Crippen LogP contribution in [0.25, 0.3) is 0 Å². The number of rotatable bonds is 5. The average Bonchev–Trinajstić information content (AvgIpc) is 2.62. The Kier molecular flexibility index (Phi) is 5.51. The first-order valence-corrected chi connectivity index (χ1v) is 10.8. The lowest BCUT2D eigenvalue weighted by atomic mass is 9.87. The Morgan fingerprint density at radius 1 is 1.19 bits per heavy atom. The number of amides is 1. The van der Waals surface area contributed by atoms with Crippen LogP contribution in [0, 0.1) is 5.82 Å². The van der Waals surface area contributed by atoms with Gasteiger partial charge in [-0.15, -0.1) is 0 Å². The van der Waals surface area contributed by atoms with Crippen molar-refractivity contribution < 1.29 is 17.6 Å². The molecule has 2 atom stereocenters. The maximum absolute atomic E-state index is 13.2. The van der Waals surface area contributed by atoms with Crippen molar-refractivity contribution in [3.05, 3.63) is 65.5 Å². The van der Waals surface area contributed by atoms with Crippen molar-refractivity contribution >= 4 is 21.6 Å². The van der Waals surface area contributed by atoms with E-state index in [-0.39, 0.29) is 17.6 Å². The molecule has 1 amide bonds. The number of aryl methyl sites for hydroxylation is 1. The summed E-state index contributed by atoms with van der Waals surface area (Å²) in [6.07, 6.45) is 3.79. The molecule has 0 saturated carbocycles. The molecule has 0 fully saturated rings. The summed E-state index contributed by atoms with van der Waals surface area (Å²) < 4.78 is 38.8. The third kappa shape index (κ3) is 4.30. The van der Waals surface area contributed by atoms with Crippen LogP contribution >= 0.6 is 0 Å². The fraction of sp³-hybridized carbons (Fsp3) is 0.350. The van der Waals surface area contributed by atoms with E-state index >= 15 is 0 Å². The van der Waals surface area contributed by atoms with E-state index in [0.717, 1.165) is 35.4 Å². The first-order valence-electron chi connectivity index (χ1n) is 8.90. The molecule has 3 rings (SSSR count). The Morgan fingerprint density at radius 3 is 2.52 bits per heavy atom. The third-order valence-corrected chi connectivity index (χ3v) is 6.10. The van der Waals surface area contributed by atoms with E-state index in [1.807, 2.05) is 18.2 Å². The molecule has 2 aromatic carbocycles. The van der Waals surface area contributed by atoms with Crippen LogP contribution < -0.4 is 9.62 Å². The van der Waals surface area contributed by atoms with Crippen LogP contribution in [0.2, 0.25) is 0 Å². The monoisotopic (exact) mass is 390 g/mol. The molecule has 1 aliphatic carbocycles. The number of hydrogen-bond donors (Lipinski definition) is 1. The molecule has 0 aromatic heterocycles. The maximum Gasteiger partial charge on any atom is 0.244 e. The molecule has 27 heavy (non-hydrogen) atoms. The quantitative estimate of drug-likeness (QED) is 0.853. The molecule has 7 heteroatoms. The van der Waals surface area contributed by atoms with Gasteiger partial charge in [0.25, 0.3) is 0 Å². The summed E-state index contributed by atoms with van der Waals surface area (Å²) in [5.74, 6) is -0.852. The zero-order valence-electron chi connectivity index (χ0n) is 15.4. The second-order valence-corrected chi connectivity index (χ2v) is 8.72. The summed E-state index contributed by atoms with van der Waals surface area (Å²) in [4.78, 5) is 12.9. The molecule has 0 spiro atoms. The van der Waals surface area contributed by atoms with E-state index in [9.17, 15) is 17.6 Å². The first-order chi connectivity index (χ1) is 12.8. The SMILES string of the molecule is C[C@H](C(=O)N[C@@H]1CCCc2ccccc21)N(c1ccc(F)cc1)S(C)(=O)=O. The lowest BCUT2D eigenvalue weighted by Gasteiger charge is -2.31. The Hall–Kier alpha value is -2.41. The first kappa shape index (κ1) is 19.4. The van der Waals surface area contributed by atoms with Crippen molar-refractivity contribution in [1.29, 1.82) is 0 Å². The summed E-state index contributed by atoms with van der Waals surface area (Å²) in [5, 5.41) is 2.99. The highest BCUT2D eigenvalue weighted by Crippen LogP contribution is 2.30. The van der Waals surface area contributed by atoms with Crippen LogP contribution in [-0.2, 0) is 21.2 Å². The summed E-state index contributed by atoms with van der Waals surface area (Å²) in [7, 11) is -3.73. The van der Waals surface area contributed by atoms with Gasteiger partial charge >= 0.3 is 0 Å². The van der Waals surface area contributed by atoms with E-state index in [1.54, 1.807) is 0 Å². The zero-order chi connectivity index (χ0) is 19.6. The smallest absolute Gasteiger partial charge is 0.244 e. The summed E-state index contributed by atoms with van der Waals surface area (Å²) in [6, 6.07) is 11.9. The van der Waals surface area contributed by atoms with Gasteiger partial charge in [-0.05, 0) is 61.6 Å². The van der Waals surface area contributed by atoms with Gasteiger partial charge in [0.2, 0.25) is 15.9 Å². The molecule has 1 N–H and O–H groups in total. The van der Waals surface area contributed by atoms with Gasteiger partial charge in [-0.2, -0.15) is 0 Å². The number of nitrogens with zero attached hydrogens (tertiary/aromatic N) is 1. The van der Waals surface area contributed by atoms with Crippen molar-refractivity contribution in [2.24, 2.45) is 0 Å². The molecule has 1 aliphatic rings. The summed E-state index contributed by atoms with van der Waals surface area (Å²) >= 11 is 0. The van der Waals surface area contributed by atoms with Crippen LogP contribution in [0.5, 0.6) is 0 Å². The Labute approximate surface area is 159 Å². The van der Waals surface area contributed by atoms with Gasteiger partial charge in [0, 0.05) is 0 Å². The molecule has 0 saturated heterocycles. The largest absolute Gasteiger partial charge is 0.347 e. The third-order valence-electron chi connectivity index (χ3n) is 4.86. The van der Waals surface area contributed by atoms with Gasteiger partial charge in [-0.25, -0.2) is 12.8 Å². The lowest BCUT2D eigenvalue weighted by molar-refractivity contribution is -0.122. The molecule has 0 heterocycles. The predicted molar refractivity (Wildman–Crippen MR) is 103 cm³/mol. The molecular formula is C20H23FN2O3S. The Morgan fingerprint density at radius 2 is 1.85 bits per heavy atom. The van der Waals surface area contributed by atoms with E-state index in [1.165, 1.54) is 36.8 Å². The van der Waals surface area contributed by atoms with Gasteiger partial charge in [-0.3, -0.25) is 9.10 Å². The van der Waals surface area contributed by atoms with Crippen molar-refractivity contribution in [3.8, 4) is 0 Å². The zero-order valence-corrected chi connectivity index (χ0v) is 16.2. The minimum absolute atomic E-state index is 0.139. The van der Waals surface area contributed by atoms with E-state index < -0.39 is 21.9 Å². The van der Waals surface area contributed by atoms with Gasteiger partial charge in [-0.1, -0.05) is 24.3 Å². The van der Waals surface area contributed by atoms with E-state index in [2.05, 4.69) is 11.4 Å². The number of fused-ring (bicyclic) bond motifs is 1. The van der Waals surface area contributed by atoms with Crippen LogP contribution in [0.3, 0.4) is 0 Å². The number of carbonyl (C=O) groups is 1. The minimum Gasteiger partial charge on any atom is -0.347 e. The predicted octanol–water partition coefficient (Wildman–Crippen LogP) is 3.17. The van der Waals surface area contributed by atoms with Crippen LogP contribution in [0.1, 0.15) is 36.9 Å². The number of hydrogen-bond acceptors (Lipinski definition) is 3. The Bertz CT molecular complexity index is 928. The molecule has 0 aliphatic heterocycles. The second-order valence-electron chi connectivity index (χ2n) is 6.86. The molecule has 0 radical (unpaired) electrons. The topological polar surface area (TPSA) is 66.5 Å². The highest BCUT2D eigenvalue weighted by molar-refractivity contribution is 7.92. The number of nitrogens with one attached hydrogen (secondary N) is 1. The highest BCUT2D eigenvalue weighted by Gasteiger charge is 2.31.